The lowest BCUT2D eigenvalue weighted by Gasteiger charge is -2.31. The summed E-state index contributed by atoms with van der Waals surface area (Å²) in [6.07, 6.45) is 10.0. The first-order chi connectivity index (χ1) is 28.6. The quantitative estimate of drug-likeness (QED) is 0.0573. The van der Waals surface area contributed by atoms with E-state index in [1.54, 1.807) is 12.1 Å². The summed E-state index contributed by atoms with van der Waals surface area (Å²) in [4.78, 5) is 2.31. The molecule has 0 saturated carbocycles. The van der Waals surface area contributed by atoms with Gasteiger partial charge in [0.2, 0.25) is 6.26 Å². The molecule has 0 saturated heterocycles. The van der Waals surface area contributed by atoms with Crippen molar-refractivity contribution in [3.63, 3.8) is 0 Å². The Morgan fingerprint density at radius 1 is 0.746 bits per heavy atom. The average molecular weight is 818 g/mol. The molecule has 0 bridgehead atoms. The molecular weight excluding hydrogens is 749 g/mol. The molecule has 0 aromatic heterocycles. The highest BCUT2D eigenvalue weighted by Crippen LogP contribution is 2.40. The first kappa shape index (κ1) is 46.8. The summed E-state index contributed by atoms with van der Waals surface area (Å²) in [5, 5.41) is 32.0. The fourth-order valence-corrected chi connectivity index (χ4v) is 8.82. The standard InChI is InChI=1S/C43H53NO3S.C8H11N.CH4O/c1-6-9-14-30(4)27-44(43-31(5)15-13-19-41(43)46)35-21-23-38-34(26-35)25-33-24-32(28-47-29-36(48-8-3)16-10-7-2)20-22-37(33)42(38)39-17-11-12-18-40(39)45;1-6-4-3-5-7(2)8(6)9;1-2/h11-13,15,17-24,26,28,30,36,45-46H,6-10,14,16,25,27,29H2,1-5H3;3-5H,9H2,1-2H3;2H,1H3/p+1/b32-28+;;. The maximum Gasteiger partial charge on any atom is 0.224 e. The van der Waals surface area contributed by atoms with E-state index in [0.717, 1.165) is 99.7 Å². The Morgan fingerprint density at radius 3 is 2.07 bits per heavy atom. The molecule has 0 spiro atoms. The number of nitrogen functional groups attached to an aromatic ring is 1. The molecular formula is C52H69N2O4S+. The van der Waals surface area contributed by atoms with Gasteiger partial charge in [-0.25, -0.2) is 0 Å². The second-order valence-electron chi connectivity index (χ2n) is 15.6. The highest BCUT2D eigenvalue weighted by atomic mass is 32.2. The second kappa shape index (κ2) is 23.7. The van der Waals surface area contributed by atoms with Crippen molar-refractivity contribution in [2.45, 2.75) is 98.7 Å². The van der Waals surface area contributed by atoms with Crippen LogP contribution >= 0.6 is 11.8 Å². The Labute approximate surface area is 358 Å². The van der Waals surface area contributed by atoms with Crippen LogP contribution in [0, 0.1) is 26.7 Å². The molecule has 2 unspecified atom stereocenters. The summed E-state index contributed by atoms with van der Waals surface area (Å²) < 4.78 is 4.91. The fraction of sp³-hybridized carbons (Fsp3) is 0.385. The summed E-state index contributed by atoms with van der Waals surface area (Å²) in [6, 6.07) is 32.8. The minimum absolute atomic E-state index is 0.281. The molecule has 6 N–H and O–H groups in total. The molecule has 6 rings (SSSR count). The topological polar surface area (TPSA) is 103 Å². The number of benzene rings is 5. The number of ether oxygens (including phenoxy) is 1. The van der Waals surface area contributed by atoms with Crippen LogP contribution in [-0.4, -0.2) is 51.3 Å². The van der Waals surface area contributed by atoms with Crippen LogP contribution in [0.1, 0.15) is 105 Å². The van der Waals surface area contributed by atoms with Crippen LogP contribution in [0.4, 0.5) is 17.1 Å². The number of unbranched alkanes of at least 4 members (excludes halogenated alkanes) is 2. The van der Waals surface area contributed by atoms with Crippen molar-refractivity contribution < 1.29 is 20.1 Å². The number of hydrogen-bond acceptors (Lipinski definition) is 6. The highest BCUT2D eigenvalue weighted by Gasteiger charge is 2.24. The van der Waals surface area contributed by atoms with E-state index in [2.05, 4.69) is 82.0 Å². The molecule has 2 atom stereocenters. The molecule has 1 aliphatic rings. The fourth-order valence-electron chi connectivity index (χ4n) is 7.82. The molecule has 1 aliphatic carbocycles. The number of aliphatic hydroxyl groups is 3. The summed E-state index contributed by atoms with van der Waals surface area (Å²) in [6.45, 7) is 16.8. The van der Waals surface area contributed by atoms with Gasteiger partial charge in [0.15, 0.2) is 6.61 Å². The molecule has 5 aromatic rings. The van der Waals surface area contributed by atoms with Crippen molar-refractivity contribution >= 4 is 40.7 Å². The minimum Gasteiger partial charge on any atom is -0.587 e. The number of fused-ring (bicyclic) bond motifs is 2. The van der Waals surface area contributed by atoms with Crippen LogP contribution in [0.3, 0.4) is 0 Å². The number of aliphatic hydroxyl groups excluding tert-OH is 1. The third kappa shape index (κ3) is 12.6. The number of nitrogens with zero attached hydrogens (tertiary/aromatic N) is 1. The van der Waals surface area contributed by atoms with Crippen molar-refractivity contribution in [3.8, 4) is 11.5 Å². The van der Waals surface area contributed by atoms with E-state index in [1.165, 1.54) is 43.2 Å². The third-order valence-electron chi connectivity index (χ3n) is 11.0. The number of aryl methyl sites for hydroxylation is 3. The number of phenolic OH excluding ortho intramolecular Hbond substituents is 2. The van der Waals surface area contributed by atoms with Crippen molar-refractivity contribution in [2.75, 3.05) is 36.6 Å². The van der Waals surface area contributed by atoms with Crippen LogP contribution in [0.5, 0.6) is 11.5 Å². The van der Waals surface area contributed by atoms with E-state index in [9.17, 15) is 10.2 Å². The number of rotatable bonds is 16. The van der Waals surface area contributed by atoms with Gasteiger partial charge in [0.1, 0.15) is 11.5 Å². The Morgan fingerprint density at radius 2 is 1.41 bits per heavy atom. The molecule has 59 heavy (non-hydrogen) atoms. The Bertz CT molecular complexity index is 2180. The van der Waals surface area contributed by atoms with Crippen molar-refractivity contribution in [1.82, 2.24) is 0 Å². The van der Waals surface area contributed by atoms with Crippen LogP contribution in [0.2, 0.25) is 0 Å². The van der Waals surface area contributed by atoms with Gasteiger partial charge in [0, 0.05) is 36.2 Å². The van der Waals surface area contributed by atoms with E-state index in [-0.39, 0.29) is 5.75 Å². The lowest BCUT2D eigenvalue weighted by Crippen LogP contribution is -2.26. The van der Waals surface area contributed by atoms with E-state index < -0.39 is 0 Å². The lowest BCUT2D eigenvalue weighted by molar-refractivity contribution is 0.106. The molecule has 316 valence electrons. The van der Waals surface area contributed by atoms with Gasteiger partial charge >= 0.3 is 0 Å². The summed E-state index contributed by atoms with van der Waals surface area (Å²) in [5.74, 6) is 2.17. The average Bonchev–Trinajstić information content (AvgIpc) is 3.23. The van der Waals surface area contributed by atoms with E-state index in [4.69, 9.17) is 15.6 Å². The van der Waals surface area contributed by atoms with Gasteiger partial charge in [-0.15, -0.1) is 11.8 Å². The molecule has 6 nitrogen and oxygen atoms in total. The summed E-state index contributed by atoms with van der Waals surface area (Å²) in [5.41, 5.74) is 17.4. The zero-order valence-electron chi connectivity index (χ0n) is 36.8. The smallest absolute Gasteiger partial charge is 0.224 e. The first-order valence-electron chi connectivity index (χ1n) is 21.4. The number of phenols is 2. The number of para-hydroxylation sites is 3. The lowest BCUT2D eigenvalue weighted by atomic mass is 9.82. The first-order valence-corrected chi connectivity index (χ1v) is 22.5. The summed E-state index contributed by atoms with van der Waals surface area (Å²) in [7, 11) is 1.00. The largest absolute Gasteiger partial charge is 0.587 e. The number of hydrogen-bond donors (Lipinski definition) is 4. The predicted molar refractivity (Wildman–Crippen MR) is 255 cm³/mol. The van der Waals surface area contributed by atoms with Crippen LogP contribution < -0.4 is 21.1 Å². The van der Waals surface area contributed by atoms with E-state index in [0.29, 0.717) is 16.9 Å². The third-order valence-corrected chi connectivity index (χ3v) is 12.2. The molecule has 0 fully saturated rings. The van der Waals surface area contributed by atoms with Gasteiger partial charge in [0.25, 0.3) is 0 Å². The predicted octanol–water partition coefficient (Wildman–Crippen LogP) is 10.6. The number of anilines is 3. The zero-order chi connectivity index (χ0) is 42.9. The van der Waals surface area contributed by atoms with Crippen LogP contribution in [0.15, 0.2) is 97.1 Å². The van der Waals surface area contributed by atoms with E-state index in [1.807, 2.05) is 74.3 Å². The molecule has 5 aromatic carbocycles. The molecule has 0 radical (unpaired) electrons. The van der Waals surface area contributed by atoms with Gasteiger partial charge in [-0.1, -0.05) is 114 Å². The Hall–Kier alpha value is -4.85. The molecule has 0 aliphatic heterocycles. The zero-order valence-corrected chi connectivity index (χ0v) is 37.6. The number of aromatic hydroxyl groups is 2. The Balaban J connectivity index is 0.000000611. The highest BCUT2D eigenvalue weighted by molar-refractivity contribution is 7.99. The van der Waals surface area contributed by atoms with Crippen molar-refractivity contribution in [2.24, 2.45) is 5.92 Å². The van der Waals surface area contributed by atoms with E-state index >= 15 is 0 Å². The second-order valence-corrected chi connectivity index (χ2v) is 17.2. The molecule has 0 heterocycles. The minimum atomic E-state index is 0.281. The van der Waals surface area contributed by atoms with Crippen molar-refractivity contribution in [1.29, 1.82) is 0 Å². The molecule has 0 amide bonds. The van der Waals surface area contributed by atoms with Gasteiger partial charge in [0.05, 0.1) is 16.2 Å². The van der Waals surface area contributed by atoms with Gasteiger partial charge in [-0.05, 0) is 127 Å². The van der Waals surface area contributed by atoms with Gasteiger partial charge in [-0.3, -0.25) is 0 Å². The molecule has 7 heteroatoms. The van der Waals surface area contributed by atoms with Gasteiger partial charge in [-0.2, -0.15) is 0 Å². The summed E-state index contributed by atoms with van der Waals surface area (Å²) >= 11 is 2.02. The van der Waals surface area contributed by atoms with Gasteiger partial charge < -0.3 is 30.7 Å². The Kier molecular flexibility index (Phi) is 18.8. The maximum absolute atomic E-state index is 11.1. The number of nitrogens with two attached hydrogens (primary N) is 1. The SMILES string of the molecule is CCCCC(C)CN(c1ccc2c(c1)Cc1c/c(=C/[OH+]CC(CCCC)SCC)ccc1=C2c1ccccc1O)c1c(C)cccc1O.CO.Cc1cccc(C)c1N. The van der Waals surface area contributed by atoms with Crippen LogP contribution in [-0.2, 0) is 6.42 Å². The monoisotopic (exact) mass is 817 g/mol. The maximum atomic E-state index is 11.1. The normalized spacial score (nSPS) is 12.9. The van der Waals surface area contributed by atoms with Crippen molar-refractivity contribution in [3.05, 3.63) is 146 Å². The number of thioether (sulfide) groups is 1. The van der Waals surface area contributed by atoms with Crippen LogP contribution in [0.25, 0.3) is 11.8 Å².